The maximum absolute atomic E-state index is 14.2. The number of hydrogen-bond acceptors (Lipinski definition) is 5. The zero-order valence-corrected chi connectivity index (χ0v) is 19.3. The van der Waals surface area contributed by atoms with Crippen molar-refractivity contribution in [2.75, 3.05) is 10.2 Å². The van der Waals surface area contributed by atoms with E-state index in [4.69, 9.17) is 4.74 Å². The Bertz CT molecular complexity index is 1110. The highest BCUT2D eigenvalue weighted by molar-refractivity contribution is 6.00. The van der Waals surface area contributed by atoms with Crippen LogP contribution in [0.1, 0.15) is 45.2 Å². The van der Waals surface area contributed by atoms with E-state index in [1.165, 1.54) is 17.9 Å². The summed E-state index contributed by atoms with van der Waals surface area (Å²) in [6.07, 6.45) is -5.68. The number of nitrogens with zero attached hydrogens (tertiary/aromatic N) is 2. The minimum atomic E-state index is -5.03. The second-order valence-corrected chi connectivity index (χ2v) is 9.26. The van der Waals surface area contributed by atoms with E-state index in [0.717, 1.165) is 12.1 Å². The van der Waals surface area contributed by atoms with Gasteiger partial charge in [0.05, 0.1) is 6.54 Å². The van der Waals surface area contributed by atoms with Crippen molar-refractivity contribution >= 4 is 23.3 Å². The first-order chi connectivity index (χ1) is 15.6. The summed E-state index contributed by atoms with van der Waals surface area (Å²) < 4.78 is 60.6. The number of nitrogens with one attached hydrogen (secondary N) is 1. The van der Waals surface area contributed by atoms with Gasteiger partial charge in [0.15, 0.2) is 17.7 Å². The van der Waals surface area contributed by atoms with Crippen LogP contribution >= 0.6 is 0 Å². The smallest absolute Gasteiger partial charge is 0.463 e. The number of pyridine rings is 1. The van der Waals surface area contributed by atoms with Gasteiger partial charge in [0.1, 0.15) is 11.5 Å². The SMILES string of the molecule is Cc1cc2c(nc1NC(=O)CC(C)(C)C)O[C@H](C)C(=O)N2Cc1ccc(OC(F)(F)F)c(F)c1. The number of benzene rings is 1. The zero-order chi connectivity index (χ0) is 25.4. The van der Waals surface area contributed by atoms with Gasteiger partial charge in [-0.15, -0.1) is 13.2 Å². The van der Waals surface area contributed by atoms with Gasteiger partial charge in [-0.2, -0.15) is 4.98 Å². The summed E-state index contributed by atoms with van der Waals surface area (Å²) in [6, 6.07) is 4.56. The molecule has 0 fully saturated rings. The predicted octanol–water partition coefficient (Wildman–Crippen LogP) is 5.12. The van der Waals surface area contributed by atoms with Crippen molar-refractivity contribution in [1.82, 2.24) is 4.98 Å². The molecule has 1 aliphatic heterocycles. The Morgan fingerprint density at radius 2 is 1.91 bits per heavy atom. The normalized spacial score (nSPS) is 16.1. The number of aromatic nitrogens is 1. The first-order valence-electron chi connectivity index (χ1n) is 10.5. The summed E-state index contributed by atoms with van der Waals surface area (Å²) in [5.74, 6) is -2.46. The second-order valence-electron chi connectivity index (χ2n) is 9.26. The highest BCUT2D eigenvalue weighted by Gasteiger charge is 2.35. The molecule has 1 aromatic carbocycles. The van der Waals surface area contributed by atoms with Crippen molar-refractivity contribution in [3.8, 4) is 11.6 Å². The van der Waals surface area contributed by atoms with Crippen LogP contribution in [0.4, 0.5) is 29.1 Å². The Labute approximate surface area is 194 Å². The molecule has 0 aliphatic carbocycles. The van der Waals surface area contributed by atoms with Gasteiger partial charge in [-0.3, -0.25) is 14.5 Å². The molecule has 2 heterocycles. The molecule has 0 bridgehead atoms. The molecule has 2 aromatic rings. The number of alkyl halides is 3. The van der Waals surface area contributed by atoms with E-state index in [2.05, 4.69) is 15.0 Å². The third-order valence-electron chi connectivity index (χ3n) is 4.86. The number of amides is 2. The molecular formula is C23H25F4N3O4. The molecule has 7 nitrogen and oxygen atoms in total. The number of fused-ring (bicyclic) bond motifs is 1. The average molecular weight is 483 g/mol. The largest absolute Gasteiger partial charge is 0.573 e. The molecule has 11 heteroatoms. The van der Waals surface area contributed by atoms with Gasteiger partial charge in [-0.25, -0.2) is 4.39 Å². The lowest BCUT2D eigenvalue weighted by Gasteiger charge is -2.33. The van der Waals surface area contributed by atoms with Crippen LogP contribution in [0.25, 0.3) is 0 Å². The Balaban J connectivity index is 1.88. The summed E-state index contributed by atoms with van der Waals surface area (Å²) in [6.45, 7) is 8.86. The molecule has 0 unspecified atom stereocenters. The predicted molar refractivity (Wildman–Crippen MR) is 116 cm³/mol. The molecule has 0 saturated heterocycles. The Morgan fingerprint density at radius 3 is 2.50 bits per heavy atom. The van der Waals surface area contributed by atoms with Crippen molar-refractivity contribution in [3.05, 3.63) is 41.2 Å². The fourth-order valence-electron chi connectivity index (χ4n) is 3.40. The molecule has 1 N–H and O–H groups in total. The van der Waals surface area contributed by atoms with Crippen molar-refractivity contribution in [3.63, 3.8) is 0 Å². The van der Waals surface area contributed by atoms with Gasteiger partial charge in [0, 0.05) is 6.42 Å². The van der Waals surface area contributed by atoms with E-state index in [9.17, 15) is 27.2 Å². The number of rotatable bonds is 5. The fourth-order valence-corrected chi connectivity index (χ4v) is 3.40. The maximum Gasteiger partial charge on any atom is 0.573 e. The van der Waals surface area contributed by atoms with E-state index in [-0.39, 0.29) is 41.5 Å². The lowest BCUT2D eigenvalue weighted by atomic mass is 9.92. The van der Waals surface area contributed by atoms with Crippen LogP contribution in [0.3, 0.4) is 0 Å². The number of anilines is 2. The quantitative estimate of drug-likeness (QED) is 0.598. The fraction of sp³-hybridized carbons (Fsp3) is 0.435. The lowest BCUT2D eigenvalue weighted by molar-refractivity contribution is -0.275. The van der Waals surface area contributed by atoms with Gasteiger partial charge in [-0.05, 0) is 48.6 Å². The molecule has 1 aliphatic rings. The zero-order valence-electron chi connectivity index (χ0n) is 19.3. The summed E-state index contributed by atoms with van der Waals surface area (Å²) in [5.41, 5.74) is 0.874. The number of ether oxygens (including phenoxy) is 2. The van der Waals surface area contributed by atoms with Crippen LogP contribution in [0.5, 0.6) is 11.6 Å². The Hall–Kier alpha value is -3.37. The monoisotopic (exact) mass is 483 g/mol. The van der Waals surface area contributed by atoms with Crippen LogP contribution < -0.4 is 19.7 Å². The number of carbonyl (C=O) groups is 2. The Morgan fingerprint density at radius 1 is 1.24 bits per heavy atom. The standard InChI is InChI=1S/C23H25F4N3O4/c1-12-8-16-20(29-19(12)28-18(31)10-22(3,4)5)33-13(2)21(32)30(16)11-14-6-7-17(15(24)9-14)34-23(25,26)27/h6-9,13H,10-11H2,1-5H3,(H,28,29,31)/t13-/m1/s1. The van der Waals surface area contributed by atoms with Crippen LogP contribution in [-0.4, -0.2) is 29.3 Å². The van der Waals surface area contributed by atoms with E-state index in [0.29, 0.717) is 11.3 Å². The molecule has 184 valence electrons. The molecular weight excluding hydrogens is 458 g/mol. The van der Waals surface area contributed by atoms with Crippen LogP contribution in [0.15, 0.2) is 24.3 Å². The van der Waals surface area contributed by atoms with Crippen molar-refractivity contribution in [1.29, 1.82) is 0 Å². The van der Waals surface area contributed by atoms with Crippen molar-refractivity contribution < 1.29 is 36.6 Å². The van der Waals surface area contributed by atoms with Gasteiger partial charge < -0.3 is 14.8 Å². The minimum Gasteiger partial charge on any atom is -0.463 e. The Kier molecular flexibility index (Phi) is 6.77. The number of hydrogen-bond donors (Lipinski definition) is 1. The second kappa shape index (κ2) is 9.11. The third kappa shape index (κ3) is 6.15. The molecule has 0 saturated carbocycles. The van der Waals surface area contributed by atoms with E-state index >= 15 is 0 Å². The highest BCUT2D eigenvalue weighted by atomic mass is 19.4. The number of carbonyl (C=O) groups excluding carboxylic acids is 2. The van der Waals surface area contributed by atoms with Gasteiger partial charge in [-0.1, -0.05) is 26.8 Å². The molecule has 3 rings (SSSR count). The maximum atomic E-state index is 14.2. The van der Waals surface area contributed by atoms with E-state index in [1.54, 1.807) is 13.0 Å². The third-order valence-corrected chi connectivity index (χ3v) is 4.86. The first kappa shape index (κ1) is 25.3. The summed E-state index contributed by atoms with van der Waals surface area (Å²) in [4.78, 5) is 30.8. The van der Waals surface area contributed by atoms with Crippen LogP contribution in [0.2, 0.25) is 0 Å². The number of halogens is 4. The highest BCUT2D eigenvalue weighted by Crippen LogP contribution is 2.37. The topological polar surface area (TPSA) is 80.8 Å². The van der Waals surface area contributed by atoms with Crippen LogP contribution in [-0.2, 0) is 16.1 Å². The molecule has 0 spiro atoms. The van der Waals surface area contributed by atoms with Crippen molar-refractivity contribution in [2.45, 2.75) is 60.1 Å². The van der Waals surface area contributed by atoms with Gasteiger partial charge in [0.25, 0.3) is 5.91 Å². The molecule has 1 atom stereocenters. The van der Waals surface area contributed by atoms with Crippen LogP contribution in [0, 0.1) is 18.2 Å². The molecule has 2 amide bonds. The first-order valence-corrected chi connectivity index (χ1v) is 10.5. The summed E-state index contributed by atoms with van der Waals surface area (Å²) >= 11 is 0. The molecule has 0 radical (unpaired) electrons. The summed E-state index contributed by atoms with van der Waals surface area (Å²) in [7, 11) is 0. The van der Waals surface area contributed by atoms with Gasteiger partial charge >= 0.3 is 6.36 Å². The summed E-state index contributed by atoms with van der Waals surface area (Å²) in [5, 5.41) is 2.75. The lowest BCUT2D eigenvalue weighted by Crippen LogP contribution is -2.44. The van der Waals surface area contributed by atoms with Gasteiger partial charge in [0.2, 0.25) is 11.8 Å². The average Bonchev–Trinajstić information content (AvgIpc) is 2.66. The number of aryl methyl sites for hydroxylation is 1. The van der Waals surface area contributed by atoms with E-state index < -0.39 is 29.9 Å². The minimum absolute atomic E-state index is 0.0984. The molecule has 34 heavy (non-hydrogen) atoms. The molecule has 1 aromatic heterocycles. The van der Waals surface area contributed by atoms with Crippen molar-refractivity contribution in [2.24, 2.45) is 5.41 Å². The van der Waals surface area contributed by atoms with E-state index in [1.807, 2.05) is 20.8 Å².